The van der Waals surface area contributed by atoms with Crippen molar-refractivity contribution in [2.75, 3.05) is 14.2 Å². The average Bonchev–Trinajstić information content (AvgIpc) is 2.49. The average molecular weight is 378 g/mol. The Morgan fingerprint density at radius 2 is 1.71 bits per heavy atom. The fraction of sp³-hybridized carbons (Fsp3) is 0.200. The van der Waals surface area contributed by atoms with Gasteiger partial charge in [0, 0.05) is 17.2 Å². The molecule has 0 saturated carbocycles. The monoisotopic (exact) mass is 376 g/mol. The van der Waals surface area contributed by atoms with Crippen molar-refractivity contribution in [1.29, 1.82) is 0 Å². The minimum atomic E-state index is -0.881. The molecule has 1 atom stereocenters. The maximum atomic E-state index is 14.0. The van der Waals surface area contributed by atoms with Crippen molar-refractivity contribution in [2.45, 2.75) is 5.38 Å². The van der Waals surface area contributed by atoms with E-state index in [0.29, 0.717) is 17.1 Å². The van der Waals surface area contributed by atoms with Crippen molar-refractivity contribution in [3.8, 4) is 11.5 Å². The van der Waals surface area contributed by atoms with E-state index in [1.807, 2.05) is 0 Å². The van der Waals surface area contributed by atoms with E-state index in [-0.39, 0.29) is 10.0 Å². The molecule has 2 nitrogen and oxygen atoms in total. The predicted octanol–water partition coefficient (Wildman–Crippen LogP) is 5.07. The predicted molar refractivity (Wildman–Crippen MR) is 81.3 cm³/mol. The molecule has 0 N–H and O–H groups in total. The summed E-state index contributed by atoms with van der Waals surface area (Å²) in [6.45, 7) is 0. The smallest absolute Gasteiger partial charge is 0.137 e. The topological polar surface area (TPSA) is 18.5 Å². The molecule has 2 aromatic rings. The van der Waals surface area contributed by atoms with Gasteiger partial charge < -0.3 is 9.47 Å². The van der Waals surface area contributed by atoms with Crippen LogP contribution in [0.2, 0.25) is 0 Å². The highest BCUT2D eigenvalue weighted by Gasteiger charge is 2.21. The summed E-state index contributed by atoms with van der Waals surface area (Å²) in [5, 5.41) is -0.881. The first-order valence-electron chi connectivity index (χ1n) is 5.98. The Morgan fingerprint density at radius 3 is 2.33 bits per heavy atom. The van der Waals surface area contributed by atoms with E-state index in [2.05, 4.69) is 15.9 Å². The molecule has 0 amide bonds. The van der Waals surface area contributed by atoms with Crippen LogP contribution in [0.15, 0.2) is 34.8 Å². The summed E-state index contributed by atoms with van der Waals surface area (Å²) in [6, 6.07) is 7.10. The van der Waals surface area contributed by atoms with Gasteiger partial charge in [0.1, 0.15) is 23.1 Å². The van der Waals surface area contributed by atoms with Crippen LogP contribution in [-0.2, 0) is 0 Å². The van der Waals surface area contributed by atoms with Crippen LogP contribution in [0.25, 0.3) is 0 Å². The number of halogens is 4. The molecule has 1 unspecified atom stereocenters. The van der Waals surface area contributed by atoms with Gasteiger partial charge >= 0.3 is 0 Å². The van der Waals surface area contributed by atoms with Gasteiger partial charge in [-0.1, -0.05) is 0 Å². The highest BCUT2D eigenvalue weighted by atomic mass is 79.9. The third kappa shape index (κ3) is 3.30. The number of alkyl halides is 1. The van der Waals surface area contributed by atoms with E-state index in [1.54, 1.807) is 18.2 Å². The zero-order chi connectivity index (χ0) is 15.6. The van der Waals surface area contributed by atoms with Crippen molar-refractivity contribution in [3.05, 3.63) is 57.6 Å². The Kier molecular flexibility index (Phi) is 5.06. The number of ether oxygens (including phenoxy) is 2. The molecule has 2 aromatic carbocycles. The van der Waals surface area contributed by atoms with E-state index < -0.39 is 17.0 Å². The Hall–Kier alpha value is -1.33. The molecule has 0 spiro atoms. The first-order valence-corrected chi connectivity index (χ1v) is 7.21. The highest BCUT2D eigenvalue weighted by Crippen LogP contribution is 2.39. The number of methoxy groups -OCH3 is 2. The number of hydrogen-bond donors (Lipinski definition) is 0. The minimum Gasteiger partial charge on any atom is -0.497 e. The van der Waals surface area contributed by atoms with Gasteiger partial charge in [-0.3, -0.25) is 0 Å². The molecule has 0 radical (unpaired) electrons. The number of rotatable bonds is 4. The van der Waals surface area contributed by atoms with Crippen LogP contribution < -0.4 is 9.47 Å². The molecule has 0 aromatic heterocycles. The minimum absolute atomic E-state index is 0.0424. The second-order valence-electron chi connectivity index (χ2n) is 4.26. The number of benzene rings is 2. The lowest BCUT2D eigenvalue weighted by molar-refractivity contribution is 0.391. The van der Waals surface area contributed by atoms with Gasteiger partial charge in [-0.25, -0.2) is 8.78 Å². The lowest BCUT2D eigenvalue weighted by Gasteiger charge is -2.16. The van der Waals surface area contributed by atoms with Crippen LogP contribution in [-0.4, -0.2) is 14.2 Å². The summed E-state index contributed by atoms with van der Waals surface area (Å²) in [5.41, 5.74) is 0.571. The largest absolute Gasteiger partial charge is 0.497 e. The van der Waals surface area contributed by atoms with Crippen LogP contribution in [0.1, 0.15) is 16.5 Å². The van der Waals surface area contributed by atoms with Gasteiger partial charge in [0.05, 0.1) is 24.1 Å². The third-order valence-corrected chi connectivity index (χ3v) is 4.10. The molecule has 0 aliphatic carbocycles. The molecule has 6 heteroatoms. The summed E-state index contributed by atoms with van der Waals surface area (Å²) in [7, 11) is 3.00. The molecule has 21 heavy (non-hydrogen) atoms. The standard InChI is InChI=1S/C15H12BrClF2O2/c1-20-8-3-4-9(14(5-8)21-2)15(17)10-6-13(19)11(16)7-12(10)18/h3-7,15H,1-2H3. The highest BCUT2D eigenvalue weighted by molar-refractivity contribution is 9.10. The van der Waals surface area contributed by atoms with E-state index in [4.69, 9.17) is 21.1 Å². The van der Waals surface area contributed by atoms with Crippen molar-refractivity contribution < 1.29 is 18.3 Å². The molecule has 0 aliphatic heterocycles. The van der Waals surface area contributed by atoms with Gasteiger partial charge in [-0.15, -0.1) is 11.6 Å². The second kappa shape index (κ2) is 6.62. The summed E-state index contributed by atoms with van der Waals surface area (Å²) < 4.78 is 38.0. The lowest BCUT2D eigenvalue weighted by Crippen LogP contribution is -2.02. The lowest BCUT2D eigenvalue weighted by atomic mass is 10.0. The second-order valence-corrected chi connectivity index (χ2v) is 5.55. The molecule has 0 bridgehead atoms. The number of hydrogen-bond acceptors (Lipinski definition) is 2. The van der Waals surface area contributed by atoms with Gasteiger partial charge in [0.15, 0.2) is 0 Å². The SMILES string of the molecule is COc1ccc(C(Cl)c2cc(F)c(Br)cc2F)c(OC)c1. The maximum Gasteiger partial charge on any atom is 0.137 e. The van der Waals surface area contributed by atoms with Gasteiger partial charge in [0.2, 0.25) is 0 Å². The van der Waals surface area contributed by atoms with Crippen LogP contribution in [0.5, 0.6) is 11.5 Å². The molecular weight excluding hydrogens is 366 g/mol. The Bertz CT molecular complexity index is 664. The van der Waals surface area contributed by atoms with E-state index in [9.17, 15) is 8.78 Å². The van der Waals surface area contributed by atoms with Crippen molar-refractivity contribution in [1.82, 2.24) is 0 Å². The van der Waals surface area contributed by atoms with Crippen molar-refractivity contribution in [2.24, 2.45) is 0 Å². The van der Waals surface area contributed by atoms with Gasteiger partial charge in [-0.2, -0.15) is 0 Å². The Morgan fingerprint density at radius 1 is 1.00 bits per heavy atom. The molecule has 0 saturated heterocycles. The summed E-state index contributed by atoms with van der Waals surface area (Å²) >= 11 is 9.23. The third-order valence-electron chi connectivity index (χ3n) is 3.03. The fourth-order valence-corrected chi connectivity index (χ4v) is 2.59. The van der Waals surface area contributed by atoms with Crippen LogP contribution in [0.3, 0.4) is 0 Å². The Labute approximate surface area is 134 Å². The fourth-order valence-electron chi connectivity index (χ4n) is 1.93. The van der Waals surface area contributed by atoms with E-state index >= 15 is 0 Å². The van der Waals surface area contributed by atoms with Crippen LogP contribution in [0.4, 0.5) is 8.78 Å². The molecule has 0 fully saturated rings. The summed E-state index contributed by atoms with van der Waals surface area (Å²) in [4.78, 5) is 0. The van der Waals surface area contributed by atoms with E-state index in [0.717, 1.165) is 12.1 Å². The Balaban J connectivity index is 2.49. The summed E-state index contributed by atoms with van der Waals surface area (Å²) in [6.07, 6.45) is 0. The molecule has 0 heterocycles. The van der Waals surface area contributed by atoms with Gasteiger partial charge in [-0.05, 0) is 40.2 Å². The maximum absolute atomic E-state index is 14.0. The first kappa shape index (κ1) is 16.0. The first-order chi connectivity index (χ1) is 9.97. The van der Waals surface area contributed by atoms with Gasteiger partial charge in [0.25, 0.3) is 0 Å². The zero-order valence-corrected chi connectivity index (χ0v) is 13.6. The quantitative estimate of drug-likeness (QED) is 0.547. The van der Waals surface area contributed by atoms with Crippen LogP contribution in [0, 0.1) is 11.6 Å². The molecule has 2 rings (SSSR count). The van der Waals surface area contributed by atoms with E-state index in [1.165, 1.54) is 14.2 Å². The normalized spacial score (nSPS) is 12.1. The van der Waals surface area contributed by atoms with Crippen LogP contribution >= 0.6 is 27.5 Å². The molecule has 0 aliphatic rings. The summed E-state index contributed by atoms with van der Waals surface area (Å²) in [5.74, 6) is -0.148. The molecule has 112 valence electrons. The molecular formula is C15H12BrClF2O2. The zero-order valence-electron chi connectivity index (χ0n) is 11.3. The van der Waals surface area contributed by atoms with Crippen molar-refractivity contribution in [3.63, 3.8) is 0 Å². The van der Waals surface area contributed by atoms with Crippen molar-refractivity contribution >= 4 is 27.5 Å².